The van der Waals surface area contributed by atoms with Crippen molar-refractivity contribution in [2.24, 2.45) is 7.05 Å². The molecule has 84 valence electrons. The molecule has 0 fully saturated rings. The van der Waals surface area contributed by atoms with Gasteiger partial charge in [0.05, 0.1) is 18.4 Å². The van der Waals surface area contributed by atoms with Gasteiger partial charge in [-0.1, -0.05) is 27.2 Å². The van der Waals surface area contributed by atoms with Gasteiger partial charge < -0.3 is 5.32 Å². The third kappa shape index (κ3) is 2.24. The number of rotatable bonds is 3. The minimum atomic E-state index is 0.723. The molecule has 0 spiro atoms. The zero-order valence-corrected chi connectivity index (χ0v) is 10.8. The Hall–Kier alpha value is -1.36. The van der Waals surface area contributed by atoms with E-state index in [9.17, 15) is 0 Å². The first kappa shape index (κ1) is 11.1. The fraction of sp³-hybridized carbons (Fsp3) is 0.273. The summed E-state index contributed by atoms with van der Waals surface area (Å²) in [7, 11) is 1.89. The van der Waals surface area contributed by atoms with Crippen LogP contribution in [0.1, 0.15) is 11.3 Å². The van der Waals surface area contributed by atoms with E-state index in [-0.39, 0.29) is 0 Å². The van der Waals surface area contributed by atoms with Crippen LogP contribution in [0.15, 0.2) is 28.9 Å². The summed E-state index contributed by atoms with van der Waals surface area (Å²) in [5.41, 5.74) is 3.38. The van der Waals surface area contributed by atoms with Crippen molar-refractivity contribution in [1.82, 2.24) is 15.0 Å². The molecule has 4 nitrogen and oxygen atoms in total. The highest BCUT2D eigenvalue weighted by atomic mass is 79.9. The lowest BCUT2D eigenvalue weighted by Crippen LogP contribution is -2.06. The predicted molar refractivity (Wildman–Crippen MR) is 67.2 cm³/mol. The quantitative estimate of drug-likeness (QED) is 0.940. The molecule has 16 heavy (non-hydrogen) atoms. The van der Waals surface area contributed by atoms with Gasteiger partial charge in [-0.25, -0.2) is 0 Å². The molecule has 0 radical (unpaired) electrons. The average Bonchev–Trinajstić information content (AvgIpc) is 2.67. The molecule has 0 saturated heterocycles. The first-order chi connectivity index (χ1) is 7.68. The van der Waals surface area contributed by atoms with E-state index in [0.717, 1.165) is 22.4 Å². The fourth-order valence-corrected chi connectivity index (χ4v) is 1.82. The van der Waals surface area contributed by atoms with E-state index in [1.807, 2.05) is 19.2 Å². The van der Waals surface area contributed by atoms with E-state index in [0.29, 0.717) is 0 Å². The molecule has 0 aliphatic carbocycles. The Morgan fingerprint density at radius 3 is 2.94 bits per heavy atom. The highest BCUT2D eigenvalue weighted by Crippen LogP contribution is 2.23. The van der Waals surface area contributed by atoms with Crippen LogP contribution in [0, 0.1) is 6.92 Å². The van der Waals surface area contributed by atoms with Crippen LogP contribution in [-0.2, 0) is 13.6 Å². The highest BCUT2D eigenvalue weighted by molar-refractivity contribution is 9.10. The molecule has 0 unspecified atom stereocenters. The molecule has 0 aliphatic heterocycles. The maximum atomic E-state index is 3.89. The standard InChI is InChI=1S/C11H13BrN4/c1-8-10(12)4-3-5-11(8)13-6-9-7-14-15-16(9)2/h3-5,7,13H,6H2,1-2H3. The number of benzene rings is 1. The summed E-state index contributed by atoms with van der Waals surface area (Å²) in [5, 5.41) is 11.1. The van der Waals surface area contributed by atoms with Gasteiger partial charge in [0.2, 0.25) is 0 Å². The van der Waals surface area contributed by atoms with Crippen LogP contribution in [0.5, 0.6) is 0 Å². The molecular formula is C11H13BrN4. The number of anilines is 1. The Morgan fingerprint density at radius 2 is 2.25 bits per heavy atom. The average molecular weight is 281 g/mol. The van der Waals surface area contributed by atoms with Crippen LogP contribution in [-0.4, -0.2) is 15.0 Å². The molecule has 0 aliphatic rings. The van der Waals surface area contributed by atoms with E-state index in [1.54, 1.807) is 10.9 Å². The smallest absolute Gasteiger partial charge is 0.0774 e. The maximum absolute atomic E-state index is 3.89. The second-order valence-corrected chi connectivity index (χ2v) is 4.47. The molecule has 1 aromatic carbocycles. The van der Waals surface area contributed by atoms with Gasteiger partial charge in [-0.3, -0.25) is 4.68 Å². The SMILES string of the molecule is Cc1c(Br)cccc1NCc1cnnn1C. The van der Waals surface area contributed by atoms with Crippen LogP contribution >= 0.6 is 15.9 Å². The van der Waals surface area contributed by atoms with Crippen molar-refractivity contribution in [2.45, 2.75) is 13.5 Å². The summed E-state index contributed by atoms with van der Waals surface area (Å²) >= 11 is 3.51. The first-order valence-corrected chi connectivity index (χ1v) is 5.80. The monoisotopic (exact) mass is 280 g/mol. The Kier molecular flexibility index (Phi) is 3.24. The van der Waals surface area contributed by atoms with Gasteiger partial charge in [0.1, 0.15) is 0 Å². The molecule has 1 heterocycles. The number of hydrogen-bond donors (Lipinski definition) is 1. The summed E-state index contributed by atoms with van der Waals surface area (Å²) in [4.78, 5) is 0. The molecule has 1 aromatic heterocycles. The second-order valence-electron chi connectivity index (χ2n) is 3.61. The zero-order valence-electron chi connectivity index (χ0n) is 9.24. The van der Waals surface area contributed by atoms with Gasteiger partial charge in [0, 0.05) is 17.2 Å². The number of nitrogens with one attached hydrogen (secondary N) is 1. The van der Waals surface area contributed by atoms with Crippen LogP contribution in [0.25, 0.3) is 0 Å². The summed E-state index contributed by atoms with van der Waals surface area (Å²) in [6, 6.07) is 6.11. The van der Waals surface area contributed by atoms with Crippen molar-refractivity contribution >= 4 is 21.6 Å². The van der Waals surface area contributed by atoms with Crippen molar-refractivity contribution in [3.8, 4) is 0 Å². The van der Waals surface area contributed by atoms with Crippen molar-refractivity contribution in [3.05, 3.63) is 40.1 Å². The molecule has 0 saturated carbocycles. The molecule has 0 atom stereocenters. The van der Waals surface area contributed by atoms with Crippen LogP contribution < -0.4 is 5.32 Å². The topological polar surface area (TPSA) is 42.7 Å². The molecule has 1 N–H and O–H groups in total. The minimum absolute atomic E-state index is 0.723. The lowest BCUT2D eigenvalue weighted by Gasteiger charge is -2.10. The van der Waals surface area contributed by atoms with Gasteiger partial charge in [-0.05, 0) is 24.6 Å². The van der Waals surface area contributed by atoms with Gasteiger partial charge in [-0.2, -0.15) is 0 Å². The molecule has 2 aromatic rings. The van der Waals surface area contributed by atoms with E-state index < -0.39 is 0 Å². The number of aryl methyl sites for hydroxylation is 1. The molecule has 2 rings (SSSR count). The van der Waals surface area contributed by atoms with E-state index in [4.69, 9.17) is 0 Å². The lowest BCUT2D eigenvalue weighted by atomic mass is 10.2. The van der Waals surface area contributed by atoms with Crippen LogP contribution in [0.2, 0.25) is 0 Å². The third-order valence-corrected chi connectivity index (χ3v) is 3.39. The zero-order chi connectivity index (χ0) is 11.5. The van der Waals surface area contributed by atoms with Gasteiger partial charge in [0.15, 0.2) is 0 Å². The Bertz CT molecular complexity index is 492. The highest BCUT2D eigenvalue weighted by Gasteiger charge is 2.03. The Labute approximate surface area is 103 Å². The number of aromatic nitrogens is 3. The lowest BCUT2D eigenvalue weighted by molar-refractivity contribution is 0.683. The first-order valence-electron chi connectivity index (χ1n) is 5.01. The molecule has 5 heteroatoms. The number of hydrogen-bond acceptors (Lipinski definition) is 3. The van der Waals surface area contributed by atoms with Crippen molar-refractivity contribution in [1.29, 1.82) is 0 Å². The second kappa shape index (κ2) is 4.65. The Morgan fingerprint density at radius 1 is 1.44 bits per heavy atom. The fourth-order valence-electron chi connectivity index (χ4n) is 1.46. The normalized spacial score (nSPS) is 10.4. The predicted octanol–water partition coefficient (Wildman–Crippen LogP) is 2.50. The van der Waals surface area contributed by atoms with Crippen molar-refractivity contribution in [2.75, 3.05) is 5.32 Å². The summed E-state index contributed by atoms with van der Waals surface area (Å²) in [6.45, 7) is 2.80. The van der Waals surface area contributed by atoms with E-state index >= 15 is 0 Å². The molecule has 0 amide bonds. The maximum Gasteiger partial charge on any atom is 0.0774 e. The Balaban J connectivity index is 2.11. The third-order valence-electron chi connectivity index (χ3n) is 2.54. The summed E-state index contributed by atoms with van der Waals surface area (Å²) in [6.07, 6.45) is 1.76. The van der Waals surface area contributed by atoms with E-state index in [1.165, 1.54) is 5.56 Å². The van der Waals surface area contributed by atoms with Crippen LogP contribution in [0.4, 0.5) is 5.69 Å². The van der Waals surface area contributed by atoms with Gasteiger partial charge in [0.25, 0.3) is 0 Å². The summed E-state index contributed by atoms with van der Waals surface area (Å²) in [5.74, 6) is 0. The van der Waals surface area contributed by atoms with Crippen molar-refractivity contribution in [3.63, 3.8) is 0 Å². The van der Waals surface area contributed by atoms with Gasteiger partial charge >= 0.3 is 0 Å². The minimum Gasteiger partial charge on any atom is -0.379 e. The molecular weight excluding hydrogens is 268 g/mol. The number of nitrogens with zero attached hydrogens (tertiary/aromatic N) is 3. The van der Waals surface area contributed by atoms with Crippen molar-refractivity contribution < 1.29 is 0 Å². The molecule has 0 bridgehead atoms. The number of halogens is 1. The van der Waals surface area contributed by atoms with E-state index in [2.05, 4.69) is 44.5 Å². The van der Waals surface area contributed by atoms with Gasteiger partial charge in [-0.15, -0.1) is 5.10 Å². The van der Waals surface area contributed by atoms with Crippen LogP contribution in [0.3, 0.4) is 0 Å². The largest absolute Gasteiger partial charge is 0.379 e. The summed E-state index contributed by atoms with van der Waals surface area (Å²) < 4.78 is 2.88.